The lowest BCUT2D eigenvalue weighted by molar-refractivity contribution is -0.171. The number of hydrogen-bond donors (Lipinski definition) is 0. The SMILES string of the molecule is CCCCCCCC/C=C\CCCCCCCC(=O)OCC(COC(=O)CCCCCCCC)OC(=O)CC(C)CCCCC(=O)OC(C)OC(=O)O[C@H]1CC[C@@]2(C)[C@@H](CC[C@@H]3[C@@H]2CC[C@]2(C)[C@@H](C(C)=O)CC[C@@H]32)C1. The summed E-state index contributed by atoms with van der Waals surface area (Å²) in [7, 11) is 0. The smallest absolute Gasteiger partial charge is 0.462 e. The van der Waals surface area contributed by atoms with E-state index in [9.17, 15) is 28.8 Å². The first-order valence-corrected chi connectivity index (χ1v) is 30.8. The third kappa shape index (κ3) is 22.8. The Hall–Kier alpha value is -3.44. The van der Waals surface area contributed by atoms with E-state index >= 15 is 0 Å². The van der Waals surface area contributed by atoms with Crippen LogP contribution in [0.3, 0.4) is 0 Å². The Kier molecular flexibility index (Phi) is 30.0. The van der Waals surface area contributed by atoms with Crippen molar-refractivity contribution in [3.8, 4) is 0 Å². The van der Waals surface area contributed by atoms with Gasteiger partial charge in [-0.3, -0.25) is 24.0 Å². The molecule has 4 fully saturated rings. The summed E-state index contributed by atoms with van der Waals surface area (Å²) in [6.07, 6.45) is 35.3. The highest BCUT2D eigenvalue weighted by Crippen LogP contribution is 2.67. The van der Waals surface area contributed by atoms with Crippen LogP contribution in [0.15, 0.2) is 12.2 Å². The van der Waals surface area contributed by atoms with Crippen LogP contribution in [0.5, 0.6) is 0 Å². The number of hydrogen-bond acceptors (Lipinski definition) is 12. The fourth-order valence-corrected chi connectivity index (χ4v) is 14.0. The van der Waals surface area contributed by atoms with Gasteiger partial charge < -0.3 is 28.4 Å². The molecule has 3 unspecified atom stereocenters. The lowest BCUT2D eigenvalue weighted by atomic mass is 9.44. The molecule has 12 nitrogen and oxygen atoms in total. The second-order valence-corrected chi connectivity index (χ2v) is 24.3. The highest BCUT2D eigenvalue weighted by Gasteiger charge is 2.61. The molecule has 11 atom stereocenters. The van der Waals surface area contributed by atoms with Gasteiger partial charge in [0.1, 0.15) is 25.1 Å². The van der Waals surface area contributed by atoms with Gasteiger partial charge in [0.25, 0.3) is 0 Å². The van der Waals surface area contributed by atoms with Gasteiger partial charge in [-0.1, -0.05) is 143 Å². The zero-order chi connectivity index (χ0) is 54.5. The van der Waals surface area contributed by atoms with E-state index in [0.29, 0.717) is 55.1 Å². The van der Waals surface area contributed by atoms with Crippen molar-refractivity contribution < 1.29 is 57.2 Å². The Balaban J connectivity index is 1.08. The molecule has 430 valence electrons. The zero-order valence-electron chi connectivity index (χ0n) is 48.4. The van der Waals surface area contributed by atoms with Crippen molar-refractivity contribution in [1.29, 1.82) is 0 Å². The van der Waals surface area contributed by atoms with Gasteiger partial charge in [-0.25, -0.2) is 4.79 Å². The number of carbonyl (C=O) groups excluding carboxylic acids is 6. The molecule has 12 heteroatoms. The van der Waals surface area contributed by atoms with Gasteiger partial charge in [-0.2, -0.15) is 0 Å². The van der Waals surface area contributed by atoms with E-state index in [-0.39, 0.29) is 73.2 Å². The lowest BCUT2D eigenvalue weighted by Gasteiger charge is -2.61. The Morgan fingerprint density at radius 1 is 0.547 bits per heavy atom. The monoisotopic (exact) mass is 1050 g/mol. The average molecular weight is 1060 g/mol. The molecule has 0 saturated heterocycles. The molecule has 0 amide bonds. The van der Waals surface area contributed by atoms with Crippen LogP contribution in [0.1, 0.15) is 273 Å². The van der Waals surface area contributed by atoms with Crippen LogP contribution in [0, 0.1) is 46.3 Å². The summed E-state index contributed by atoms with van der Waals surface area (Å²) in [5.74, 6) is 1.29. The molecule has 0 aromatic heterocycles. The van der Waals surface area contributed by atoms with Crippen molar-refractivity contribution in [3.05, 3.63) is 12.2 Å². The highest BCUT2D eigenvalue weighted by atomic mass is 16.8. The van der Waals surface area contributed by atoms with Crippen molar-refractivity contribution in [1.82, 2.24) is 0 Å². The fraction of sp³-hybridized carbons (Fsp3) is 0.873. The number of esters is 4. The van der Waals surface area contributed by atoms with Gasteiger partial charge in [0.05, 0.1) is 0 Å². The molecule has 4 saturated carbocycles. The quantitative estimate of drug-likeness (QED) is 0.0190. The summed E-state index contributed by atoms with van der Waals surface area (Å²) >= 11 is 0. The molecule has 0 aromatic carbocycles. The van der Waals surface area contributed by atoms with Crippen molar-refractivity contribution in [2.75, 3.05) is 13.2 Å². The summed E-state index contributed by atoms with van der Waals surface area (Å²) in [6.45, 7) is 14.2. The molecule has 0 aliphatic heterocycles. The molecule has 4 aliphatic carbocycles. The summed E-state index contributed by atoms with van der Waals surface area (Å²) in [4.78, 5) is 76.5. The Bertz CT molecular complexity index is 1730. The summed E-state index contributed by atoms with van der Waals surface area (Å²) in [5, 5.41) is 0. The predicted octanol–water partition coefficient (Wildman–Crippen LogP) is 16.0. The maximum absolute atomic E-state index is 13.1. The fourth-order valence-electron chi connectivity index (χ4n) is 14.0. The molecule has 0 N–H and O–H groups in total. The number of allylic oxidation sites excluding steroid dienone is 2. The Morgan fingerprint density at radius 2 is 1.08 bits per heavy atom. The normalized spacial score (nSPS) is 26.2. The predicted molar refractivity (Wildman–Crippen MR) is 294 cm³/mol. The molecule has 4 rings (SSSR count). The van der Waals surface area contributed by atoms with E-state index in [1.165, 1.54) is 77.6 Å². The molecule has 0 aromatic rings. The van der Waals surface area contributed by atoms with Gasteiger partial charge >= 0.3 is 30.0 Å². The third-order valence-corrected chi connectivity index (χ3v) is 18.3. The number of rotatable bonds is 38. The number of ether oxygens (including phenoxy) is 6. The second kappa shape index (κ2) is 35.1. The van der Waals surface area contributed by atoms with Gasteiger partial charge in [0, 0.05) is 38.5 Å². The minimum atomic E-state index is -1.08. The topological polar surface area (TPSA) is 158 Å². The van der Waals surface area contributed by atoms with Crippen molar-refractivity contribution in [2.45, 2.75) is 292 Å². The first-order chi connectivity index (χ1) is 36.1. The van der Waals surface area contributed by atoms with E-state index in [1.54, 1.807) is 6.92 Å². The maximum atomic E-state index is 13.1. The number of ketones is 1. The lowest BCUT2D eigenvalue weighted by Crippen LogP contribution is -2.54. The van der Waals surface area contributed by atoms with Crippen LogP contribution in [0.2, 0.25) is 0 Å². The molecular weight excluding hydrogens is 949 g/mol. The molecule has 0 bridgehead atoms. The van der Waals surface area contributed by atoms with Crippen molar-refractivity contribution >= 4 is 35.8 Å². The highest BCUT2D eigenvalue weighted by molar-refractivity contribution is 5.79. The van der Waals surface area contributed by atoms with Gasteiger partial charge in [0.15, 0.2) is 6.10 Å². The van der Waals surface area contributed by atoms with Gasteiger partial charge in [-0.05, 0) is 150 Å². The molecular formula is C63H106O12. The van der Waals surface area contributed by atoms with E-state index in [4.69, 9.17) is 28.4 Å². The van der Waals surface area contributed by atoms with Crippen LogP contribution in [-0.2, 0) is 52.4 Å². The minimum absolute atomic E-state index is 0.0518. The minimum Gasteiger partial charge on any atom is -0.462 e. The molecule has 4 aliphatic rings. The second-order valence-electron chi connectivity index (χ2n) is 24.3. The Labute approximate surface area is 454 Å². The average Bonchev–Trinajstić information content (AvgIpc) is 3.74. The van der Waals surface area contributed by atoms with E-state index < -0.39 is 30.5 Å². The van der Waals surface area contributed by atoms with Crippen LogP contribution in [-0.4, -0.2) is 67.5 Å². The van der Waals surface area contributed by atoms with E-state index in [1.807, 2.05) is 6.92 Å². The van der Waals surface area contributed by atoms with E-state index in [2.05, 4.69) is 39.8 Å². The van der Waals surface area contributed by atoms with Crippen molar-refractivity contribution in [3.63, 3.8) is 0 Å². The largest absolute Gasteiger partial charge is 0.511 e. The molecule has 0 heterocycles. The van der Waals surface area contributed by atoms with Crippen molar-refractivity contribution in [2.24, 2.45) is 46.3 Å². The zero-order valence-corrected chi connectivity index (χ0v) is 48.4. The first kappa shape index (κ1) is 64.1. The van der Waals surface area contributed by atoms with Gasteiger partial charge in [0.2, 0.25) is 6.29 Å². The number of carbonyl (C=O) groups is 6. The van der Waals surface area contributed by atoms with E-state index in [0.717, 1.165) is 109 Å². The van der Waals surface area contributed by atoms with Gasteiger partial charge in [-0.15, -0.1) is 0 Å². The maximum Gasteiger partial charge on any atom is 0.511 e. The van der Waals surface area contributed by atoms with Crippen LogP contribution < -0.4 is 0 Å². The Morgan fingerprint density at radius 3 is 1.68 bits per heavy atom. The molecule has 0 radical (unpaired) electrons. The van der Waals surface area contributed by atoms with Crippen LogP contribution in [0.4, 0.5) is 4.79 Å². The van der Waals surface area contributed by atoms with Crippen LogP contribution in [0.25, 0.3) is 0 Å². The third-order valence-electron chi connectivity index (χ3n) is 18.3. The standard InChI is InChI=1S/C63H106O12/c1-8-10-12-14-16-17-18-19-20-21-22-23-24-26-28-33-58(66)71-46-52(45-70-57(65)32-27-25-15-13-11-9-2)74-60(68)43-47(3)31-29-30-34-59(67)72-49(5)73-61(69)75-51-39-41-62(6)50(44-51)35-36-53-55-38-37-54(48(4)64)63(55,7)42-40-56(53)62/h19-20,47,49-56H,8-18,21-46H2,1-7H3/b20-19-/t47?,49?,50-,51-,52?,53-,54+,55-,56-,62-,63+/m0/s1. The summed E-state index contributed by atoms with van der Waals surface area (Å²) in [6, 6.07) is 0. The summed E-state index contributed by atoms with van der Waals surface area (Å²) < 4.78 is 33.4. The number of unbranched alkanes of at least 4 members (excludes halogenated alkanes) is 17. The number of fused-ring (bicyclic) bond motifs is 5. The molecule has 75 heavy (non-hydrogen) atoms. The van der Waals surface area contributed by atoms with Crippen LogP contribution >= 0.6 is 0 Å². The summed E-state index contributed by atoms with van der Waals surface area (Å²) in [5.41, 5.74) is 0.350. The first-order valence-electron chi connectivity index (χ1n) is 30.8. The molecule has 0 spiro atoms. The number of Topliss-reactive ketones (excluding diaryl/α,β-unsaturated/α-hetero) is 1.